The molecule has 0 heterocycles. The van der Waals surface area contributed by atoms with Crippen molar-refractivity contribution in [2.75, 3.05) is 7.11 Å². The van der Waals surface area contributed by atoms with Crippen molar-refractivity contribution in [2.24, 2.45) is 0 Å². The van der Waals surface area contributed by atoms with E-state index in [1.807, 2.05) is 6.07 Å². The number of ketones is 1. The molecule has 104 valence electrons. The number of benzene rings is 2. The van der Waals surface area contributed by atoms with E-state index in [4.69, 9.17) is 21.1 Å². The quantitative estimate of drug-likeness (QED) is 0.781. The zero-order valence-electron chi connectivity index (χ0n) is 11.3. The summed E-state index contributed by atoms with van der Waals surface area (Å²) in [7, 11) is 1.54. The Morgan fingerprint density at radius 3 is 2.60 bits per heavy atom. The molecule has 0 aromatic heterocycles. The summed E-state index contributed by atoms with van der Waals surface area (Å²) < 4.78 is 10.8. The summed E-state index contributed by atoms with van der Waals surface area (Å²) in [4.78, 5) is 12.4. The maximum atomic E-state index is 12.4. The Morgan fingerprint density at radius 1 is 1.15 bits per heavy atom. The minimum atomic E-state index is -0.621. The Kier molecular flexibility index (Phi) is 4.64. The first-order valence-electron chi connectivity index (χ1n) is 6.21. The molecule has 4 heteroatoms. The molecule has 2 aromatic carbocycles. The van der Waals surface area contributed by atoms with Crippen LogP contribution in [0, 0.1) is 0 Å². The molecule has 0 aliphatic carbocycles. The van der Waals surface area contributed by atoms with Crippen LogP contribution in [-0.4, -0.2) is 19.0 Å². The van der Waals surface area contributed by atoms with Gasteiger partial charge in [-0.3, -0.25) is 4.79 Å². The van der Waals surface area contributed by atoms with Gasteiger partial charge in [-0.05, 0) is 37.3 Å². The lowest BCUT2D eigenvalue weighted by molar-refractivity contribution is 0.0815. The van der Waals surface area contributed by atoms with Gasteiger partial charge >= 0.3 is 0 Å². The molecule has 0 radical (unpaired) electrons. The summed E-state index contributed by atoms with van der Waals surface area (Å²) in [5.41, 5.74) is 0.504. The fourth-order valence-corrected chi connectivity index (χ4v) is 2.05. The number of hydrogen-bond acceptors (Lipinski definition) is 3. The normalized spacial score (nSPS) is 11.8. The second-order valence-electron chi connectivity index (χ2n) is 4.28. The highest BCUT2D eigenvalue weighted by Gasteiger charge is 2.20. The summed E-state index contributed by atoms with van der Waals surface area (Å²) in [6.45, 7) is 1.70. The number of Topliss-reactive ketones (excluding diaryl/α,β-unsaturated/α-hetero) is 1. The standard InChI is InChI=1S/C16H15ClO3/c1-11(20-13-7-5-6-12(17)10-13)16(18)14-8-3-4-9-15(14)19-2/h3-11H,1-2H3. The third-order valence-electron chi connectivity index (χ3n) is 2.85. The van der Waals surface area contributed by atoms with Gasteiger partial charge in [0.2, 0.25) is 5.78 Å². The van der Waals surface area contributed by atoms with Gasteiger partial charge in [0.25, 0.3) is 0 Å². The van der Waals surface area contributed by atoms with E-state index < -0.39 is 6.10 Å². The molecule has 2 aromatic rings. The molecule has 3 nitrogen and oxygen atoms in total. The maximum absolute atomic E-state index is 12.4. The van der Waals surface area contributed by atoms with Crippen LogP contribution >= 0.6 is 11.6 Å². The Balaban J connectivity index is 2.16. The largest absolute Gasteiger partial charge is 0.496 e. The SMILES string of the molecule is COc1ccccc1C(=O)C(C)Oc1cccc(Cl)c1. The number of rotatable bonds is 5. The van der Waals surface area contributed by atoms with Crippen LogP contribution in [-0.2, 0) is 0 Å². The molecule has 0 spiro atoms. The first kappa shape index (κ1) is 14.4. The van der Waals surface area contributed by atoms with Crippen LogP contribution in [0.2, 0.25) is 5.02 Å². The van der Waals surface area contributed by atoms with Crippen molar-refractivity contribution >= 4 is 17.4 Å². The number of carbonyl (C=O) groups is 1. The molecule has 0 aliphatic rings. The molecule has 0 fully saturated rings. The minimum absolute atomic E-state index is 0.137. The molecule has 0 aliphatic heterocycles. The molecule has 1 atom stereocenters. The fraction of sp³-hybridized carbons (Fsp3) is 0.188. The summed E-state index contributed by atoms with van der Waals surface area (Å²) in [6.07, 6.45) is -0.621. The molecule has 0 bridgehead atoms. The molecular formula is C16H15ClO3. The van der Waals surface area contributed by atoms with Crippen LogP contribution in [0.5, 0.6) is 11.5 Å². The highest BCUT2D eigenvalue weighted by molar-refractivity contribution is 6.30. The lowest BCUT2D eigenvalue weighted by atomic mass is 10.1. The zero-order valence-corrected chi connectivity index (χ0v) is 12.1. The average Bonchev–Trinajstić information content (AvgIpc) is 2.46. The second-order valence-corrected chi connectivity index (χ2v) is 4.72. The number of para-hydroxylation sites is 1. The fourth-order valence-electron chi connectivity index (χ4n) is 1.87. The van der Waals surface area contributed by atoms with Crippen molar-refractivity contribution in [3.63, 3.8) is 0 Å². The number of carbonyl (C=O) groups excluding carboxylic acids is 1. The molecule has 2 rings (SSSR count). The third kappa shape index (κ3) is 3.31. The third-order valence-corrected chi connectivity index (χ3v) is 3.09. The zero-order chi connectivity index (χ0) is 14.5. The molecule has 0 N–H and O–H groups in total. The summed E-state index contributed by atoms with van der Waals surface area (Å²) in [5, 5.41) is 0.569. The molecule has 0 amide bonds. The molecule has 0 saturated carbocycles. The number of hydrogen-bond donors (Lipinski definition) is 0. The number of ether oxygens (including phenoxy) is 2. The lowest BCUT2D eigenvalue weighted by Gasteiger charge is -2.15. The van der Waals surface area contributed by atoms with Crippen LogP contribution < -0.4 is 9.47 Å². The average molecular weight is 291 g/mol. The predicted octanol–water partition coefficient (Wildman–Crippen LogP) is 4.00. The smallest absolute Gasteiger partial charge is 0.206 e. The van der Waals surface area contributed by atoms with Crippen LogP contribution in [0.25, 0.3) is 0 Å². The van der Waals surface area contributed by atoms with E-state index in [1.54, 1.807) is 49.4 Å². The van der Waals surface area contributed by atoms with Crippen LogP contribution in [0.3, 0.4) is 0 Å². The van der Waals surface area contributed by atoms with E-state index in [9.17, 15) is 4.79 Å². The second kappa shape index (κ2) is 6.44. The van der Waals surface area contributed by atoms with Crippen molar-refractivity contribution in [3.05, 3.63) is 59.1 Å². The first-order chi connectivity index (χ1) is 9.61. The van der Waals surface area contributed by atoms with E-state index in [0.717, 1.165) is 0 Å². The van der Waals surface area contributed by atoms with Crippen molar-refractivity contribution in [2.45, 2.75) is 13.0 Å². The van der Waals surface area contributed by atoms with Gasteiger partial charge in [-0.15, -0.1) is 0 Å². The van der Waals surface area contributed by atoms with Gasteiger partial charge < -0.3 is 9.47 Å². The van der Waals surface area contributed by atoms with Crippen LogP contribution in [0.1, 0.15) is 17.3 Å². The van der Waals surface area contributed by atoms with Crippen molar-refractivity contribution in [1.29, 1.82) is 0 Å². The van der Waals surface area contributed by atoms with Gasteiger partial charge in [0.05, 0.1) is 12.7 Å². The number of methoxy groups -OCH3 is 1. The lowest BCUT2D eigenvalue weighted by Crippen LogP contribution is -2.24. The highest BCUT2D eigenvalue weighted by atomic mass is 35.5. The Bertz CT molecular complexity index is 610. The molecule has 20 heavy (non-hydrogen) atoms. The summed E-state index contributed by atoms with van der Waals surface area (Å²) in [6, 6.07) is 14.0. The van der Waals surface area contributed by atoms with Gasteiger partial charge in [0, 0.05) is 5.02 Å². The van der Waals surface area contributed by atoms with Gasteiger partial charge in [0.15, 0.2) is 6.10 Å². The monoisotopic (exact) mass is 290 g/mol. The Hall–Kier alpha value is -2.00. The van der Waals surface area contributed by atoms with Crippen LogP contribution in [0.15, 0.2) is 48.5 Å². The highest BCUT2D eigenvalue weighted by Crippen LogP contribution is 2.22. The van der Waals surface area contributed by atoms with Crippen molar-refractivity contribution in [1.82, 2.24) is 0 Å². The molecule has 0 saturated heterocycles. The predicted molar refractivity (Wildman–Crippen MR) is 78.9 cm³/mol. The molecule has 1 unspecified atom stereocenters. The van der Waals surface area contributed by atoms with Crippen molar-refractivity contribution < 1.29 is 14.3 Å². The molecular weight excluding hydrogens is 276 g/mol. The minimum Gasteiger partial charge on any atom is -0.496 e. The topological polar surface area (TPSA) is 35.5 Å². The van der Waals surface area contributed by atoms with Crippen molar-refractivity contribution in [3.8, 4) is 11.5 Å². The van der Waals surface area contributed by atoms with Gasteiger partial charge in [-0.25, -0.2) is 0 Å². The summed E-state index contributed by atoms with van der Waals surface area (Å²) >= 11 is 5.89. The summed E-state index contributed by atoms with van der Waals surface area (Å²) in [5.74, 6) is 0.967. The number of halogens is 1. The van der Waals surface area contributed by atoms with Crippen LogP contribution in [0.4, 0.5) is 0 Å². The van der Waals surface area contributed by atoms with E-state index in [0.29, 0.717) is 22.1 Å². The Morgan fingerprint density at radius 2 is 1.90 bits per heavy atom. The Labute approximate surface area is 123 Å². The van der Waals surface area contributed by atoms with E-state index in [1.165, 1.54) is 7.11 Å². The van der Waals surface area contributed by atoms with E-state index >= 15 is 0 Å². The van der Waals surface area contributed by atoms with Gasteiger partial charge in [0.1, 0.15) is 11.5 Å². The maximum Gasteiger partial charge on any atom is 0.206 e. The van der Waals surface area contributed by atoms with E-state index in [2.05, 4.69) is 0 Å². The van der Waals surface area contributed by atoms with E-state index in [-0.39, 0.29) is 5.78 Å². The van der Waals surface area contributed by atoms with Gasteiger partial charge in [-0.1, -0.05) is 29.8 Å². The first-order valence-corrected chi connectivity index (χ1v) is 6.59. The van der Waals surface area contributed by atoms with Gasteiger partial charge in [-0.2, -0.15) is 0 Å².